The maximum atomic E-state index is 14.7. The van der Waals surface area contributed by atoms with Crippen LogP contribution in [-0.2, 0) is 6.42 Å². The van der Waals surface area contributed by atoms with Gasteiger partial charge in [-0.15, -0.1) is 10.2 Å². The largest absolute Gasteiger partial charge is 0.494 e. The molecular weight excluding hydrogens is 453 g/mol. The third-order valence-electron chi connectivity index (χ3n) is 5.15. The standard InChI is InChI=1S/C23H20FN9O2/c1-35-17-12-15(11-14(8-9-25)19(17)24)20(29-16-6-4-13(5-7-16)21(26)27)22-30-23(34)33(32-22)18-3-2-10-28-31-18/h2-7,10-12,20,29H,8H2,1H3,(H3,26,27)(H,30,32,34)/t20-/m0/s1. The number of nitrogen functional groups attached to an aromatic ring is 1. The van der Waals surface area contributed by atoms with Crippen LogP contribution in [0.25, 0.3) is 5.82 Å². The highest BCUT2D eigenvalue weighted by atomic mass is 19.1. The van der Waals surface area contributed by atoms with Crippen LogP contribution in [-0.4, -0.2) is 37.9 Å². The summed E-state index contributed by atoms with van der Waals surface area (Å²) < 4.78 is 21.0. The van der Waals surface area contributed by atoms with Crippen molar-refractivity contribution in [1.82, 2.24) is 25.0 Å². The van der Waals surface area contributed by atoms with Gasteiger partial charge in [0.2, 0.25) is 0 Å². The molecule has 0 aliphatic heterocycles. The van der Waals surface area contributed by atoms with Crippen LogP contribution in [0.1, 0.15) is 28.6 Å². The van der Waals surface area contributed by atoms with Crippen molar-refractivity contribution in [2.24, 2.45) is 5.73 Å². The van der Waals surface area contributed by atoms with Gasteiger partial charge in [-0.3, -0.25) is 10.4 Å². The lowest BCUT2D eigenvalue weighted by Crippen LogP contribution is -2.17. The molecule has 0 saturated carbocycles. The van der Waals surface area contributed by atoms with Crippen molar-refractivity contribution >= 4 is 11.5 Å². The normalized spacial score (nSPS) is 11.5. The number of anilines is 1. The van der Waals surface area contributed by atoms with Gasteiger partial charge in [0.25, 0.3) is 0 Å². The summed E-state index contributed by atoms with van der Waals surface area (Å²) in [5, 5.41) is 32.0. The smallest absolute Gasteiger partial charge is 0.349 e. The Morgan fingerprint density at radius 3 is 2.74 bits per heavy atom. The van der Waals surface area contributed by atoms with Crippen LogP contribution in [0.3, 0.4) is 0 Å². The Morgan fingerprint density at radius 2 is 2.11 bits per heavy atom. The molecule has 4 aromatic rings. The number of methoxy groups -OCH3 is 1. The van der Waals surface area contributed by atoms with Crippen molar-refractivity contribution in [3.63, 3.8) is 0 Å². The van der Waals surface area contributed by atoms with Gasteiger partial charge in [0.15, 0.2) is 23.2 Å². The number of benzene rings is 2. The first-order valence-electron chi connectivity index (χ1n) is 10.3. The van der Waals surface area contributed by atoms with Crippen LogP contribution in [0, 0.1) is 22.6 Å². The first kappa shape index (κ1) is 23.1. The molecule has 35 heavy (non-hydrogen) atoms. The van der Waals surface area contributed by atoms with Crippen LogP contribution >= 0.6 is 0 Å². The summed E-state index contributed by atoms with van der Waals surface area (Å²) in [7, 11) is 1.33. The van der Waals surface area contributed by atoms with Crippen LogP contribution in [0.15, 0.2) is 59.5 Å². The molecular formula is C23H20FN9O2. The number of nitriles is 1. The van der Waals surface area contributed by atoms with Crippen molar-refractivity contribution < 1.29 is 9.13 Å². The second-order valence-electron chi connectivity index (χ2n) is 7.41. The molecule has 0 spiro atoms. The quantitative estimate of drug-likeness (QED) is 0.222. The third kappa shape index (κ3) is 4.83. The molecule has 4 rings (SSSR count). The van der Waals surface area contributed by atoms with E-state index >= 15 is 0 Å². The van der Waals surface area contributed by atoms with Crippen molar-refractivity contribution in [3.8, 4) is 17.6 Å². The SMILES string of the molecule is COc1cc([C@H](Nc2ccc(C(=N)N)cc2)c2nn(-c3cccnn3)c(=O)[nH]2)cc(CC#N)c1F. The van der Waals surface area contributed by atoms with Crippen molar-refractivity contribution in [2.45, 2.75) is 12.5 Å². The van der Waals surface area contributed by atoms with Gasteiger partial charge in [0.1, 0.15) is 11.9 Å². The molecule has 5 N–H and O–H groups in total. The summed E-state index contributed by atoms with van der Waals surface area (Å²) in [6, 6.07) is 14.1. The molecule has 0 unspecified atom stereocenters. The van der Waals surface area contributed by atoms with E-state index in [1.807, 2.05) is 6.07 Å². The highest BCUT2D eigenvalue weighted by molar-refractivity contribution is 5.95. The summed E-state index contributed by atoms with van der Waals surface area (Å²) in [4.78, 5) is 15.4. The average Bonchev–Trinajstić information content (AvgIpc) is 3.26. The Balaban J connectivity index is 1.84. The number of nitrogens with two attached hydrogens (primary N) is 1. The van der Waals surface area contributed by atoms with Gasteiger partial charge in [-0.25, -0.2) is 9.18 Å². The van der Waals surface area contributed by atoms with Gasteiger partial charge in [-0.1, -0.05) is 0 Å². The molecule has 2 heterocycles. The number of aromatic amines is 1. The molecule has 0 radical (unpaired) electrons. The maximum absolute atomic E-state index is 14.7. The van der Waals surface area contributed by atoms with Crippen LogP contribution < -0.4 is 21.5 Å². The summed E-state index contributed by atoms with van der Waals surface area (Å²) in [5.74, 6) is -0.355. The molecule has 0 fully saturated rings. The molecule has 0 aliphatic rings. The van der Waals surface area contributed by atoms with Crippen molar-refractivity contribution in [2.75, 3.05) is 12.4 Å². The Morgan fingerprint density at radius 1 is 1.34 bits per heavy atom. The first-order valence-corrected chi connectivity index (χ1v) is 10.3. The number of ether oxygens (including phenoxy) is 1. The molecule has 0 saturated heterocycles. The molecule has 0 aliphatic carbocycles. The molecule has 11 nitrogen and oxygen atoms in total. The van der Waals surface area contributed by atoms with E-state index in [1.54, 1.807) is 36.4 Å². The number of H-pyrrole nitrogens is 1. The van der Waals surface area contributed by atoms with E-state index in [0.29, 0.717) is 16.8 Å². The first-order chi connectivity index (χ1) is 16.9. The highest BCUT2D eigenvalue weighted by Crippen LogP contribution is 2.31. The Hall–Kier alpha value is -5.05. The van der Waals surface area contributed by atoms with Gasteiger partial charge < -0.3 is 15.8 Å². The molecule has 2 aromatic carbocycles. The number of hydrogen-bond acceptors (Lipinski definition) is 8. The second kappa shape index (κ2) is 9.84. The van der Waals surface area contributed by atoms with Gasteiger partial charge in [-0.2, -0.15) is 15.0 Å². The molecule has 0 bridgehead atoms. The van der Waals surface area contributed by atoms with Gasteiger partial charge in [0.05, 0.1) is 19.6 Å². The average molecular weight is 473 g/mol. The van der Waals surface area contributed by atoms with E-state index in [9.17, 15) is 9.18 Å². The van der Waals surface area contributed by atoms with E-state index < -0.39 is 17.5 Å². The maximum Gasteiger partial charge on any atom is 0.349 e. The summed E-state index contributed by atoms with van der Waals surface area (Å²) in [6.45, 7) is 0. The van der Waals surface area contributed by atoms with E-state index in [0.717, 1.165) is 4.68 Å². The topological polar surface area (TPSA) is 171 Å². The van der Waals surface area contributed by atoms with Crippen LogP contribution in [0.4, 0.5) is 10.1 Å². The molecule has 12 heteroatoms. The number of halogens is 1. The minimum atomic E-state index is -0.782. The number of amidine groups is 1. The fourth-order valence-corrected chi connectivity index (χ4v) is 3.46. The second-order valence-corrected chi connectivity index (χ2v) is 7.41. The number of nitrogens with one attached hydrogen (secondary N) is 3. The van der Waals surface area contributed by atoms with E-state index in [1.165, 1.54) is 25.4 Å². The zero-order chi connectivity index (χ0) is 24.9. The molecule has 0 amide bonds. The van der Waals surface area contributed by atoms with Gasteiger partial charge in [0, 0.05) is 23.0 Å². The van der Waals surface area contributed by atoms with E-state index in [-0.39, 0.29) is 35.2 Å². The lowest BCUT2D eigenvalue weighted by molar-refractivity contribution is 0.384. The molecule has 2 aromatic heterocycles. The van der Waals surface area contributed by atoms with E-state index in [2.05, 4.69) is 25.6 Å². The van der Waals surface area contributed by atoms with Crippen molar-refractivity contribution in [1.29, 1.82) is 10.7 Å². The van der Waals surface area contributed by atoms with Crippen LogP contribution in [0.2, 0.25) is 0 Å². The number of rotatable bonds is 8. The fraction of sp³-hybridized carbons (Fsp3) is 0.130. The summed E-state index contributed by atoms with van der Waals surface area (Å²) in [6.07, 6.45) is 1.29. The Kier molecular flexibility index (Phi) is 6.50. The number of aromatic nitrogens is 5. The monoisotopic (exact) mass is 473 g/mol. The zero-order valence-electron chi connectivity index (χ0n) is 18.5. The lowest BCUT2D eigenvalue weighted by Gasteiger charge is -2.20. The van der Waals surface area contributed by atoms with Crippen molar-refractivity contribution in [3.05, 3.63) is 93.5 Å². The van der Waals surface area contributed by atoms with Gasteiger partial charge >= 0.3 is 5.69 Å². The van der Waals surface area contributed by atoms with E-state index in [4.69, 9.17) is 21.1 Å². The lowest BCUT2D eigenvalue weighted by atomic mass is 10.00. The highest BCUT2D eigenvalue weighted by Gasteiger charge is 2.24. The predicted molar refractivity (Wildman–Crippen MR) is 125 cm³/mol. The Bertz CT molecular complexity index is 1460. The summed E-state index contributed by atoms with van der Waals surface area (Å²) in [5.41, 5.74) is 6.76. The number of nitrogens with zero attached hydrogens (tertiary/aromatic N) is 5. The zero-order valence-corrected chi connectivity index (χ0v) is 18.5. The minimum absolute atomic E-state index is 0.0535. The fourth-order valence-electron chi connectivity index (χ4n) is 3.46. The predicted octanol–water partition coefficient (Wildman–Crippen LogP) is 2.05. The molecule has 1 atom stereocenters. The van der Waals surface area contributed by atoms with Crippen LogP contribution in [0.5, 0.6) is 5.75 Å². The van der Waals surface area contributed by atoms with Gasteiger partial charge in [-0.05, 0) is 54.1 Å². The third-order valence-corrected chi connectivity index (χ3v) is 5.15. The Labute approximate surface area is 198 Å². The minimum Gasteiger partial charge on any atom is -0.494 e. The summed E-state index contributed by atoms with van der Waals surface area (Å²) >= 11 is 0. The number of hydrogen-bond donors (Lipinski definition) is 4. The molecule has 176 valence electrons.